The van der Waals surface area contributed by atoms with Gasteiger partial charge in [0.05, 0.1) is 30.0 Å². The fourth-order valence-electron chi connectivity index (χ4n) is 5.38. The maximum Gasteiger partial charge on any atom is 0.333 e. The molecule has 1 fully saturated rings. The van der Waals surface area contributed by atoms with Crippen molar-refractivity contribution in [2.75, 3.05) is 27.1 Å². The van der Waals surface area contributed by atoms with Gasteiger partial charge in [-0.1, -0.05) is 6.07 Å². The Morgan fingerprint density at radius 3 is 2.20 bits per heavy atom. The number of furan rings is 1. The highest BCUT2D eigenvalue weighted by Crippen LogP contribution is 2.43. The van der Waals surface area contributed by atoms with Crippen molar-refractivity contribution >= 4 is 46.8 Å². The van der Waals surface area contributed by atoms with E-state index in [1.54, 1.807) is 41.5 Å². The Bertz CT molecular complexity index is 1910. The number of hydrogen-bond acceptors (Lipinski definition) is 11. The predicted molar refractivity (Wildman–Crippen MR) is 167 cm³/mol. The van der Waals surface area contributed by atoms with Crippen LogP contribution in [0.1, 0.15) is 73.7 Å². The fraction of sp³-hybridized carbons (Fsp3) is 0.424. The van der Waals surface area contributed by atoms with Gasteiger partial charge < -0.3 is 29.3 Å². The Kier molecular flexibility index (Phi) is 8.64. The number of carbonyl (C=O) groups excluding carboxylic acids is 6. The summed E-state index contributed by atoms with van der Waals surface area (Å²) in [6, 6.07) is 5.78. The molecule has 15 nitrogen and oxygen atoms in total. The molecule has 3 aromatic rings. The molecule has 0 unspecified atom stereocenters. The maximum absolute atomic E-state index is 15.4. The molecular formula is C33H36FN5O10. The van der Waals surface area contributed by atoms with E-state index in [-0.39, 0.29) is 46.0 Å². The first-order valence-corrected chi connectivity index (χ1v) is 15.1. The number of ether oxygens (including phenoxy) is 3. The first-order chi connectivity index (χ1) is 22.8. The van der Waals surface area contributed by atoms with Crippen LogP contribution in [0.3, 0.4) is 0 Å². The lowest BCUT2D eigenvalue weighted by atomic mass is 9.93. The highest BCUT2D eigenvalue weighted by Gasteiger charge is 2.63. The average molecular weight is 682 g/mol. The highest BCUT2D eigenvalue weighted by molar-refractivity contribution is 6.08. The molecule has 1 atom stereocenters. The molecule has 0 radical (unpaired) electrons. The van der Waals surface area contributed by atoms with Crippen molar-refractivity contribution in [3.8, 4) is 5.75 Å². The lowest BCUT2D eigenvalue weighted by Gasteiger charge is -2.36. The Morgan fingerprint density at radius 1 is 0.980 bits per heavy atom. The number of imide groups is 1. The van der Waals surface area contributed by atoms with Crippen molar-refractivity contribution in [2.45, 2.75) is 53.6 Å². The molecule has 1 aromatic carbocycles. The van der Waals surface area contributed by atoms with Gasteiger partial charge in [0.25, 0.3) is 17.7 Å². The van der Waals surface area contributed by atoms with Gasteiger partial charge in [0.1, 0.15) is 17.0 Å². The quantitative estimate of drug-likeness (QED) is 0.257. The van der Waals surface area contributed by atoms with E-state index in [4.69, 9.17) is 24.4 Å². The zero-order valence-corrected chi connectivity index (χ0v) is 28.0. The number of nitrogens with zero attached hydrogens (tertiary/aromatic N) is 4. The number of amides is 5. The second kappa shape index (κ2) is 12.2. The van der Waals surface area contributed by atoms with Crippen molar-refractivity contribution in [3.63, 3.8) is 0 Å². The molecule has 5 rings (SSSR count). The van der Waals surface area contributed by atoms with Crippen LogP contribution in [-0.4, -0.2) is 82.5 Å². The van der Waals surface area contributed by atoms with E-state index in [0.29, 0.717) is 4.90 Å². The smallest absolute Gasteiger partial charge is 0.333 e. The number of fused-ring (bicyclic) bond motifs is 2. The van der Waals surface area contributed by atoms with Crippen LogP contribution < -0.4 is 10.5 Å². The summed E-state index contributed by atoms with van der Waals surface area (Å²) in [6.07, 6.45) is 0. The number of hydrogen-bond donors (Lipinski definition) is 1. The molecule has 0 saturated carbocycles. The van der Waals surface area contributed by atoms with Crippen molar-refractivity contribution in [1.82, 2.24) is 19.7 Å². The maximum atomic E-state index is 15.4. The SMILES string of the molecule is COc1ccc2c(c1F)C(=O)N(C[C@]1(c3cc4nc(C(N)=O)ccc4o3)C(=O)N(COC(=O)C(C)(C)C)C(=O)N1COC(=O)C(C)(C)C)C2. The number of methoxy groups -OCH3 is 1. The second-order valence-electron chi connectivity index (χ2n) is 13.8. The average Bonchev–Trinajstić information content (AvgIpc) is 3.65. The summed E-state index contributed by atoms with van der Waals surface area (Å²) in [4.78, 5) is 87.0. The molecule has 0 aliphatic carbocycles. The topological polar surface area (TPSA) is 192 Å². The number of halogens is 1. The lowest BCUT2D eigenvalue weighted by molar-refractivity contribution is -0.161. The molecule has 4 heterocycles. The number of rotatable bonds is 9. The van der Waals surface area contributed by atoms with Gasteiger partial charge in [-0.15, -0.1) is 0 Å². The third-order valence-corrected chi connectivity index (χ3v) is 8.12. The van der Waals surface area contributed by atoms with Crippen LogP contribution in [0.25, 0.3) is 11.1 Å². The molecule has 1 saturated heterocycles. The molecule has 2 aromatic heterocycles. The van der Waals surface area contributed by atoms with E-state index in [2.05, 4.69) is 4.98 Å². The van der Waals surface area contributed by atoms with Crippen LogP contribution >= 0.6 is 0 Å². The van der Waals surface area contributed by atoms with Gasteiger partial charge in [-0.05, 0) is 65.3 Å². The van der Waals surface area contributed by atoms with Crippen LogP contribution in [0.5, 0.6) is 5.75 Å². The number of aromatic nitrogens is 1. The van der Waals surface area contributed by atoms with E-state index in [0.717, 1.165) is 9.80 Å². The first kappa shape index (κ1) is 34.8. The number of carbonyl (C=O) groups is 6. The van der Waals surface area contributed by atoms with Gasteiger partial charge in [-0.3, -0.25) is 28.9 Å². The molecule has 0 spiro atoms. The molecule has 5 amide bonds. The van der Waals surface area contributed by atoms with Crippen LogP contribution in [0, 0.1) is 16.6 Å². The number of pyridine rings is 1. The molecule has 49 heavy (non-hydrogen) atoms. The molecule has 2 aliphatic heterocycles. The summed E-state index contributed by atoms with van der Waals surface area (Å²) in [5, 5.41) is 0. The monoisotopic (exact) mass is 681 g/mol. The molecule has 2 aliphatic rings. The van der Waals surface area contributed by atoms with Gasteiger partial charge >= 0.3 is 18.0 Å². The Hall–Kier alpha value is -5.54. The third kappa shape index (κ3) is 6.02. The van der Waals surface area contributed by atoms with Gasteiger partial charge in [0, 0.05) is 12.6 Å². The summed E-state index contributed by atoms with van der Waals surface area (Å²) in [6.45, 7) is 7.05. The van der Waals surface area contributed by atoms with Gasteiger partial charge in [-0.2, -0.15) is 0 Å². The van der Waals surface area contributed by atoms with Crippen molar-refractivity contribution in [1.29, 1.82) is 0 Å². The minimum atomic E-state index is -2.28. The Balaban J connectivity index is 1.67. The zero-order valence-electron chi connectivity index (χ0n) is 28.0. The van der Waals surface area contributed by atoms with Crippen LogP contribution in [0.4, 0.5) is 9.18 Å². The lowest BCUT2D eigenvalue weighted by Crippen LogP contribution is -2.55. The minimum Gasteiger partial charge on any atom is -0.494 e. The normalized spacial score (nSPS) is 18.0. The summed E-state index contributed by atoms with van der Waals surface area (Å²) in [5.41, 5.74) is 1.14. The Morgan fingerprint density at radius 2 is 1.61 bits per heavy atom. The molecular weight excluding hydrogens is 645 g/mol. The van der Waals surface area contributed by atoms with Crippen molar-refractivity contribution < 1.29 is 51.8 Å². The molecule has 2 N–H and O–H groups in total. The minimum absolute atomic E-state index is 0.0713. The molecule has 260 valence electrons. The summed E-state index contributed by atoms with van der Waals surface area (Å²) in [7, 11) is 1.25. The van der Waals surface area contributed by atoms with E-state index in [1.165, 1.54) is 37.4 Å². The summed E-state index contributed by atoms with van der Waals surface area (Å²) >= 11 is 0. The number of primary amides is 1. The van der Waals surface area contributed by atoms with E-state index < -0.39 is 77.9 Å². The van der Waals surface area contributed by atoms with Crippen LogP contribution in [0.2, 0.25) is 0 Å². The first-order valence-electron chi connectivity index (χ1n) is 15.1. The van der Waals surface area contributed by atoms with Gasteiger partial charge in [0.15, 0.2) is 30.6 Å². The number of nitrogens with two attached hydrogens (primary N) is 1. The number of urea groups is 1. The number of esters is 2. The third-order valence-electron chi connectivity index (χ3n) is 8.12. The highest BCUT2D eigenvalue weighted by atomic mass is 19.1. The van der Waals surface area contributed by atoms with Crippen molar-refractivity contribution in [2.24, 2.45) is 16.6 Å². The zero-order chi connectivity index (χ0) is 36.2. The van der Waals surface area contributed by atoms with E-state index in [9.17, 15) is 28.8 Å². The number of benzene rings is 1. The van der Waals surface area contributed by atoms with E-state index in [1.807, 2.05) is 0 Å². The largest absolute Gasteiger partial charge is 0.494 e. The van der Waals surface area contributed by atoms with E-state index >= 15 is 4.39 Å². The van der Waals surface area contributed by atoms with Crippen LogP contribution in [-0.2, 0) is 35.9 Å². The summed E-state index contributed by atoms with van der Waals surface area (Å²) in [5.74, 6) is -5.45. The van der Waals surface area contributed by atoms with Crippen LogP contribution in [0.15, 0.2) is 34.7 Å². The van der Waals surface area contributed by atoms with Gasteiger partial charge in [0.2, 0.25) is 5.54 Å². The summed E-state index contributed by atoms with van der Waals surface area (Å²) < 4.78 is 37.4. The fourth-order valence-corrected chi connectivity index (χ4v) is 5.38. The molecule has 0 bridgehead atoms. The van der Waals surface area contributed by atoms with Gasteiger partial charge in [-0.25, -0.2) is 19.1 Å². The molecule has 16 heteroatoms. The van der Waals surface area contributed by atoms with Crippen molar-refractivity contribution in [3.05, 3.63) is 58.7 Å². The second-order valence-corrected chi connectivity index (χ2v) is 13.8. The Labute approximate surface area is 280 Å². The predicted octanol–water partition coefficient (Wildman–Crippen LogP) is 3.28. The standard InChI is InChI=1S/C33H36FN5O10/c1-31(2,3)28(43)47-15-38-27(42)33(39(30(38)45)16-48-29(44)32(4,5)6,22-12-19-20(49-22)11-9-18(36-19)25(35)40)14-37-13-17-8-10-21(46-7)24(34)23(17)26(37)41/h8-12H,13-16H2,1-7H3,(H2,35,40)/t33-/m0/s1.